The fraction of sp³-hybridized carbons (Fsp3) is 0.619. The Kier molecular flexibility index (Phi) is 4.63. The van der Waals surface area contributed by atoms with Crippen LogP contribution < -0.4 is 5.32 Å². The topological polar surface area (TPSA) is 49.4 Å². The predicted molar refractivity (Wildman–Crippen MR) is 96.6 cm³/mol. The molecule has 2 saturated heterocycles. The predicted octanol–water partition coefficient (Wildman–Crippen LogP) is 3.12. The molecular formula is C21H28N2O2. The van der Waals surface area contributed by atoms with Crippen LogP contribution in [0.2, 0.25) is 0 Å². The van der Waals surface area contributed by atoms with Gasteiger partial charge in [-0.3, -0.25) is 19.8 Å². The highest BCUT2D eigenvalue weighted by molar-refractivity contribution is 5.99. The monoisotopic (exact) mass is 340 g/mol. The molecule has 0 bridgehead atoms. The Balaban J connectivity index is 1.48. The first kappa shape index (κ1) is 16.8. The summed E-state index contributed by atoms with van der Waals surface area (Å²) in [7, 11) is 0. The van der Waals surface area contributed by atoms with Crippen molar-refractivity contribution in [2.75, 3.05) is 13.1 Å². The zero-order valence-corrected chi connectivity index (χ0v) is 14.9. The molecule has 4 nitrogen and oxygen atoms in total. The maximum atomic E-state index is 12.7. The molecule has 1 aromatic carbocycles. The van der Waals surface area contributed by atoms with E-state index in [1.165, 1.54) is 18.4 Å². The largest absolute Gasteiger partial charge is 0.299 e. The van der Waals surface area contributed by atoms with Gasteiger partial charge in [0.05, 0.1) is 0 Å². The Morgan fingerprint density at radius 3 is 2.40 bits per heavy atom. The summed E-state index contributed by atoms with van der Waals surface area (Å²) in [5.74, 6) is 0.482. The van der Waals surface area contributed by atoms with Crippen LogP contribution in [0.5, 0.6) is 0 Å². The van der Waals surface area contributed by atoms with Crippen LogP contribution >= 0.6 is 0 Å². The van der Waals surface area contributed by atoms with E-state index in [1.807, 2.05) is 6.07 Å². The summed E-state index contributed by atoms with van der Waals surface area (Å²) >= 11 is 0. The number of imide groups is 1. The second-order valence-corrected chi connectivity index (χ2v) is 8.24. The van der Waals surface area contributed by atoms with Crippen LogP contribution in [0.15, 0.2) is 30.3 Å². The van der Waals surface area contributed by atoms with E-state index in [4.69, 9.17) is 0 Å². The molecule has 4 heteroatoms. The van der Waals surface area contributed by atoms with Crippen molar-refractivity contribution in [1.82, 2.24) is 10.2 Å². The van der Waals surface area contributed by atoms with Crippen LogP contribution in [-0.4, -0.2) is 29.8 Å². The fourth-order valence-electron chi connectivity index (χ4n) is 5.46. The molecule has 2 heterocycles. The lowest BCUT2D eigenvalue weighted by Gasteiger charge is -2.49. The highest BCUT2D eigenvalue weighted by atomic mass is 16.2. The first-order valence-corrected chi connectivity index (χ1v) is 9.76. The third-order valence-electron chi connectivity index (χ3n) is 6.69. The first-order valence-electron chi connectivity index (χ1n) is 9.76. The lowest BCUT2D eigenvalue weighted by Crippen LogP contribution is -2.57. The molecule has 2 amide bonds. The smallest absolute Gasteiger partial charge is 0.230 e. The maximum Gasteiger partial charge on any atom is 0.230 e. The highest BCUT2D eigenvalue weighted by Gasteiger charge is 2.52. The summed E-state index contributed by atoms with van der Waals surface area (Å²) in [4.78, 5) is 27.3. The normalized spacial score (nSPS) is 27.6. The van der Waals surface area contributed by atoms with Crippen molar-refractivity contribution in [2.45, 2.75) is 51.5 Å². The Hall–Kier alpha value is -1.68. The van der Waals surface area contributed by atoms with Gasteiger partial charge in [-0.2, -0.15) is 0 Å². The van der Waals surface area contributed by atoms with Gasteiger partial charge in [-0.05, 0) is 55.7 Å². The summed E-state index contributed by atoms with van der Waals surface area (Å²) in [5, 5.41) is 2.64. The molecule has 3 fully saturated rings. The Morgan fingerprint density at radius 2 is 1.72 bits per heavy atom. The number of carbonyl (C=O) groups excluding carboxylic acids is 2. The number of carbonyl (C=O) groups is 2. The van der Waals surface area contributed by atoms with Crippen LogP contribution in [0.25, 0.3) is 0 Å². The van der Waals surface area contributed by atoms with E-state index in [-0.39, 0.29) is 23.1 Å². The van der Waals surface area contributed by atoms with E-state index in [0.717, 1.165) is 45.3 Å². The van der Waals surface area contributed by atoms with Crippen molar-refractivity contribution in [1.29, 1.82) is 0 Å². The zero-order valence-electron chi connectivity index (χ0n) is 14.9. The van der Waals surface area contributed by atoms with Gasteiger partial charge in [0.25, 0.3) is 0 Å². The van der Waals surface area contributed by atoms with Gasteiger partial charge >= 0.3 is 0 Å². The third-order valence-corrected chi connectivity index (χ3v) is 6.69. The summed E-state index contributed by atoms with van der Waals surface area (Å²) < 4.78 is 0. The van der Waals surface area contributed by atoms with Gasteiger partial charge in [0.15, 0.2) is 0 Å². The molecular weight excluding hydrogens is 312 g/mol. The maximum absolute atomic E-state index is 12.7. The molecule has 2 aliphatic heterocycles. The molecule has 0 radical (unpaired) electrons. The van der Waals surface area contributed by atoms with Gasteiger partial charge in [0.2, 0.25) is 11.8 Å². The van der Waals surface area contributed by atoms with Crippen LogP contribution in [0.1, 0.15) is 50.5 Å². The van der Waals surface area contributed by atoms with Crippen LogP contribution in [0.4, 0.5) is 0 Å². The lowest BCUT2D eigenvalue weighted by molar-refractivity contribution is -0.149. The van der Waals surface area contributed by atoms with E-state index in [0.29, 0.717) is 12.3 Å². The SMILES string of the molecule is O=C1CC2(CCN(Cc3ccccc3)CC2)C(C2CCCC2)C(=O)N1. The molecule has 25 heavy (non-hydrogen) atoms. The summed E-state index contributed by atoms with van der Waals surface area (Å²) in [6, 6.07) is 10.6. The number of benzene rings is 1. The Bertz CT molecular complexity index is 629. The van der Waals surface area contributed by atoms with Crippen molar-refractivity contribution in [2.24, 2.45) is 17.3 Å². The minimum Gasteiger partial charge on any atom is -0.299 e. The van der Waals surface area contributed by atoms with Crippen LogP contribution in [0, 0.1) is 17.3 Å². The average molecular weight is 340 g/mol. The summed E-state index contributed by atoms with van der Waals surface area (Å²) in [5.41, 5.74) is 1.24. The second-order valence-electron chi connectivity index (χ2n) is 8.24. The number of nitrogens with zero attached hydrogens (tertiary/aromatic N) is 1. The minimum absolute atomic E-state index is 0.0136. The number of rotatable bonds is 3. The molecule has 0 aromatic heterocycles. The quantitative estimate of drug-likeness (QED) is 0.860. The Labute approximate surface area is 150 Å². The van der Waals surface area contributed by atoms with Gasteiger partial charge in [-0.25, -0.2) is 0 Å². The van der Waals surface area contributed by atoms with Crippen molar-refractivity contribution in [3.63, 3.8) is 0 Å². The van der Waals surface area contributed by atoms with Gasteiger partial charge in [-0.1, -0.05) is 43.2 Å². The molecule has 1 spiro atoms. The number of piperidine rings is 2. The highest BCUT2D eigenvalue weighted by Crippen LogP contribution is 2.51. The van der Waals surface area contributed by atoms with Crippen molar-refractivity contribution < 1.29 is 9.59 Å². The minimum atomic E-state index is -0.0956. The van der Waals surface area contributed by atoms with Gasteiger partial charge < -0.3 is 0 Å². The van der Waals surface area contributed by atoms with E-state index in [2.05, 4.69) is 34.5 Å². The number of likely N-dealkylation sites (tertiary alicyclic amines) is 1. The van der Waals surface area contributed by atoms with E-state index in [9.17, 15) is 9.59 Å². The number of hydrogen-bond acceptors (Lipinski definition) is 3. The van der Waals surface area contributed by atoms with E-state index in [1.54, 1.807) is 0 Å². The molecule has 3 aliphatic rings. The molecule has 1 aromatic rings. The van der Waals surface area contributed by atoms with Gasteiger partial charge in [-0.15, -0.1) is 0 Å². The van der Waals surface area contributed by atoms with Crippen molar-refractivity contribution in [3.05, 3.63) is 35.9 Å². The third kappa shape index (κ3) is 3.37. The average Bonchev–Trinajstić information content (AvgIpc) is 3.11. The van der Waals surface area contributed by atoms with Crippen LogP contribution in [0.3, 0.4) is 0 Å². The molecule has 1 atom stereocenters. The number of amides is 2. The van der Waals surface area contributed by atoms with Crippen molar-refractivity contribution in [3.8, 4) is 0 Å². The Morgan fingerprint density at radius 1 is 1.04 bits per heavy atom. The molecule has 4 rings (SSSR count). The molecule has 1 N–H and O–H groups in total. The first-order chi connectivity index (χ1) is 12.2. The van der Waals surface area contributed by atoms with E-state index < -0.39 is 0 Å². The number of hydrogen-bond donors (Lipinski definition) is 1. The van der Waals surface area contributed by atoms with Crippen molar-refractivity contribution >= 4 is 11.8 Å². The van der Waals surface area contributed by atoms with Gasteiger partial charge in [0, 0.05) is 18.9 Å². The van der Waals surface area contributed by atoms with Gasteiger partial charge in [0.1, 0.15) is 0 Å². The second kappa shape index (κ2) is 6.91. The molecule has 1 aliphatic carbocycles. The molecule has 1 saturated carbocycles. The zero-order chi connectivity index (χ0) is 17.3. The lowest BCUT2D eigenvalue weighted by atomic mass is 9.60. The summed E-state index contributed by atoms with van der Waals surface area (Å²) in [6.07, 6.45) is 7.26. The summed E-state index contributed by atoms with van der Waals surface area (Å²) in [6.45, 7) is 2.93. The fourth-order valence-corrected chi connectivity index (χ4v) is 5.46. The number of nitrogens with one attached hydrogen (secondary N) is 1. The van der Waals surface area contributed by atoms with Crippen LogP contribution in [-0.2, 0) is 16.1 Å². The molecule has 1 unspecified atom stereocenters. The standard InChI is InChI=1S/C21H28N2O2/c24-18-14-21(19(20(25)22-18)17-8-4-5-9-17)10-12-23(13-11-21)15-16-6-2-1-3-7-16/h1-3,6-7,17,19H,4-5,8-15H2,(H,22,24,25). The van der Waals surface area contributed by atoms with E-state index >= 15 is 0 Å². The molecule has 134 valence electrons.